The van der Waals surface area contributed by atoms with Gasteiger partial charge in [-0.3, -0.25) is 0 Å². The van der Waals surface area contributed by atoms with Crippen molar-refractivity contribution >= 4 is 65.4 Å². The van der Waals surface area contributed by atoms with E-state index in [2.05, 4.69) is 153 Å². The molecule has 0 fully saturated rings. The van der Waals surface area contributed by atoms with Crippen LogP contribution in [0.4, 0.5) is 0 Å². The van der Waals surface area contributed by atoms with Crippen LogP contribution in [0, 0.1) is 0 Å². The van der Waals surface area contributed by atoms with E-state index in [0.717, 1.165) is 66.0 Å². The van der Waals surface area contributed by atoms with Crippen molar-refractivity contribution < 1.29 is 8.83 Å². The van der Waals surface area contributed by atoms with E-state index in [-0.39, 0.29) is 16.2 Å². The Balaban J connectivity index is 1.33. The average Bonchev–Trinajstić information content (AvgIpc) is 3.74. The lowest BCUT2D eigenvalue weighted by Crippen LogP contribution is -2.17. The van der Waals surface area contributed by atoms with Crippen molar-refractivity contribution in [2.45, 2.75) is 78.6 Å². The van der Waals surface area contributed by atoms with Gasteiger partial charge < -0.3 is 8.83 Å². The molecule has 10 rings (SSSR count). The number of nitrogens with zero attached hydrogens (tertiary/aromatic N) is 3. The Morgan fingerprint density at radius 3 is 1.66 bits per heavy atom. The topological polar surface area (TPSA) is 65.0 Å². The standard InChI is InChI=1S/C51H45N3O2/c1-49(2,3)37-26-36(44-42-34(37)23-24-35-38(50(4,5)6)27-39(51(7,8)9)45(56-44)43(35)42)48-53-46(29-21-22-32-31-18-12-13-20-40(31)55-41(32)25-29)52-47(54-48)33-19-14-16-28-15-10-11-17-30(28)33/h10-27H,1-9H3. The lowest BCUT2D eigenvalue weighted by atomic mass is 9.76. The molecule has 0 aliphatic rings. The average molecular weight is 732 g/mol. The highest BCUT2D eigenvalue weighted by atomic mass is 16.3. The van der Waals surface area contributed by atoms with Crippen molar-refractivity contribution in [1.82, 2.24) is 15.0 Å². The van der Waals surface area contributed by atoms with Crippen LogP contribution in [0.25, 0.3) is 99.6 Å². The molecule has 0 radical (unpaired) electrons. The number of hydrogen-bond donors (Lipinski definition) is 0. The number of benzene rings is 7. The SMILES string of the molecule is CC(C)(C)c1cc(-c2nc(-c3ccc4c(c3)oc3ccccc34)nc(-c3cccc4ccccc34)n2)c2oc3c(C(C)(C)C)cc(C(C)(C)C)c4ccc1c2c43. The highest BCUT2D eigenvalue weighted by molar-refractivity contribution is 6.26. The highest BCUT2D eigenvalue weighted by Gasteiger charge is 2.32. The summed E-state index contributed by atoms with van der Waals surface area (Å²) in [4.78, 5) is 15.9. The largest absolute Gasteiger partial charge is 0.456 e. The zero-order chi connectivity index (χ0) is 38.9. The minimum Gasteiger partial charge on any atom is -0.456 e. The molecule has 0 saturated heterocycles. The molecule has 5 nitrogen and oxygen atoms in total. The fraction of sp³-hybridized carbons (Fsp3) is 0.235. The lowest BCUT2D eigenvalue weighted by molar-refractivity contribution is 0.561. The summed E-state index contributed by atoms with van der Waals surface area (Å²) in [5, 5.41) is 9.10. The molecule has 0 aliphatic carbocycles. The smallest absolute Gasteiger partial charge is 0.167 e. The van der Waals surface area contributed by atoms with Crippen molar-refractivity contribution in [3.8, 4) is 34.2 Å². The lowest BCUT2D eigenvalue weighted by Gasteiger charge is -2.27. The van der Waals surface area contributed by atoms with Gasteiger partial charge in [0.25, 0.3) is 0 Å². The summed E-state index contributed by atoms with van der Waals surface area (Å²) >= 11 is 0. The Morgan fingerprint density at radius 1 is 0.393 bits per heavy atom. The maximum Gasteiger partial charge on any atom is 0.167 e. The van der Waals surface area contributed by atoms with Gasteiger partial charge >= 0.3 is 0 Å². The molecule has 0 spiro atoms. The van der Waals surface area contributed by atoms with Crippen molar-refractivity contribution in [1.29, 1.82) is 0 Å². The molecule has 0 atom stereocenters. The summed E-state index contributed by atoms with van der Waals surface area (Å²) in [6.45, 7) is 20.6. The van der Waals surface area contributed by atoms with Crippen molar-refractivity contribution in [2.24, 2.45) is 0 Å². The summed E-state index contributed by atoms with van der Waals surface area (Å²) in [6, 6.07) is 38.4. The number of hydrogen-bond acceptors (Lipinski definition) is 5. The van der Waals surface area contributed by atoms with E-state index in [1.165, 1.54) is 32.8 Å². The quantitative estimate of drug-likeness (QED) is 0.169. The molecule has 10 aromatic rings. The van der Waals surface area contributed by atoms with E-state index in [1.54, 1.807) is 0 Å². The first-order valence-corrected chi connectivity index (χ1v) is 19.6. The number of rotatable bonds is 3. The first kappa shape index (κ1) is 34.4. The Morgan fingerprint density at radius 2 is 0.946 bits per heavy atom. The third kappa shape index (κ3) is 5.24. The van der Waals surface area contributed by atoms with Crippen LogP contribution in [0.5, 0.6) is 0 Å². The van der Waals surface area contributed by atoms with E-state index in [9.17, 15) is 0 Å². The van der Waals surface area contributed by atoms with Crippen LogP contribution >= 0.6 is 0 Å². The van der Waals surface area contributed by atoms with Crippen LogP contribution in [0.2, 0.25) is 0 Å². The summed E-state index contributed by atoms with van der Waals surface area (Å²) in [6.07, 6.45) is 0. The Labute approximate surface area is 326 Å². The normalized spacial score (nSPS) is 13.1. The molecule has 0 N–H and O–H groups in total. The van der Waals surface area contributed by atoms with Gasteiger partial charge in [0.1, 0.15) is 22.3 Å². The summed E-state index contributed by atoms with van der Waals surface area (Å²) in [5.74, 6) is 1.75. The second-order valence-electron chi connectivity index (χ2n) is 18.5. The van der Waals surface area contributed by atoms with Gasteiger partial charge in [-0.2, -0.15) is 0 Å². The maximum atomic E-state index is 7.23. The van der Waals surface area contributed by atoms with E-state index in [4.69, 9.17) is 23.8 Å². The van der Waals surface area contributed by atoms with Crippen molar-refractivity contribution in [3.05, 3.63) is 126 Å². The minimum atomic E-state index is -0.182. The van der Waals surface area contributed by atoms with E-state index in [0.29, 0.717) is 17.5 Å². The molecule has 276 valence electrons. The highest BCUT2D eigenvalue weighted by Crippen LogP contribution is 2.50. The molecule has 0 bridgehead atoms. The molecule has 5 heteroatoms. The second kappa shape index (κ2) is 11.7. The van der Waals surface area contributed by atoms with Crippen LogP contribution in [0.15, 0.2) is 118 Å². The first-order valence-electron chi connectivity index (χ1n) is 19.6. The fourth-order valence-corrected chi connectivity index (χ4v) is 8.68. The van der Waals surface area contributed by atoms with Gasteiger partial charge in [-0.15, -0.1) is 0 Å². The van der Waals surface area contributed by atoms with Gasteiger partial charge in [0.2, 0.25) is 0 Å². The number of aromatic nitrogens is 3. The zero-order valence-corrected chi connectivity index (χ0v) is 33.6. The third-order valence-corrected chi connectivity index (χ3v) is 11.5. The molecule has 0 unspecified atom stereocenters. The number of furan rings is 2. The number of para-hydroxylation sites is 1. The van der Waals surface area contributed by atoms with Gasteiger partial charge in [0, 0.05) is 38.2 Å². The monoisotopic (exact) mass is 731 g/mol. The van der Waals surface area contributed by atoms with Gasteiger partial charge in [-0.1, -0.05) is 147 Å². The fourth-order valence-electron chi connectivity index (χ4n) is 8.68. The van der Waals surface area contributed by atoms with Gasteiger partial charge in [-0.25, -0.2) is 15.0 Å². The second-order valence-corrected chi connectivity index (χ2v) is 18.5. The first-order chi connectivity index (χ1) is 26.6. The minimum absolute atomic E-state index is 0.0726. The van der Waals surface area contributed by atoms with E-state index in [1.807, 2.05) is 18.2 Å². The van der Waals surface area contributed by atoms with Crippen molar-refractivity contribution in [2.75, 3.05) is 0 Å². The molecule has 0 aliphatic heterocycles. The zero-order valence-electron chi connectivity index (χ0n) is 33.6. The van der Waals surface area contributed by atoms with Gasteiger partial charge in [-0.05, 0) is 73.2 Å². The molecule has 0 saturated carbocycles. The predicted octanol–water partition coefficient (Wildman–Crippen LogP) is 14.3. The van der Waals surface area contributed by atoms with Crippen molar-refractivity contribution in [3.63, 3.8) is 0 Å². The molecule has 3 aromatic heterocycles. The molecule has 0 amide bonds. The third-order valence-electron chi connectivity index (χ3n) is 11.5. The summed E-state index contributed by atoms with van der Waals surface area (Å²) < 4.78 is 13.6. The summed E-state index contributed by atoms with van der Waals surface area (Å²) in [7, 11) is 0. The molecule has 3 heterocycles. The predicted molar refractivity (Wildman–Crippen MR) is 233 cm³/mol. The molecular formula is C51H45N3O2. The molecular weight excluding hydrogens is 687 g/mol. The summed E-state index contributed by atoms with van der Waals surface area (Å²) in [5.41, 5.74) is 9.39. The van der Waals surface area contributed by atoms with Gasteiger partial charge in [0.05, 0.1) is 5.56 Å². The Bertz CT molecular complexity index is 3190. The van der Waals surface area contributed by atoms with E-state index >= 15 is 0 Å². The Kier molecular flexibility index (Phi) is 7.20. The number of fused-ring (bicyclic) bond motifs is 4. The molecule has 7 aromatic carbocycles. The van der Waals surface area contributed by atoms with E-state index < -0.39 is 0 Å². The van der Waals surface area contributed by atoms with Crippen LogP contribution in [-0.4, -0.2) is 15.0 Å². The van der Waals surface area contributed by atoms with Gasteiger partial charge in [0.15, 0.2) is 17.5 Å². The Hall–Kier alpha value is -6.07. The molecule has 56 heavy (non-hydrogen) atoms. The van der Waals surface area contributed by atoms with Crippen LogP contribution < -0.4 is 0 Å². The van der Waals surface area contributed by atoms with Crippen LogP contribution in [-0.2, 0) is 16.2 Å². The van der Waals surface area contributed by atoms with Crippen LogP contribution in [0.1, 0.15) is 79.0 Å². The van der Waals surface area contributed by atoms with Crippen LogP contribution in [0.3, 0.4) is 0 Å². The maximum absolute atomic E-state index is 7.23.